The second kappa shape index (κ2) is 7.62. The summed E-state index contributed by atoms with van der Waals surface area (Å²) in [5.41, 5.74) is 1.24. The SMILES string of the molecule is C/C=C\C(=C/C)CCCCOS(N)(=O)=O. The first-order chi connectivity index (χ1) is 6.99. The van der Waals surface area contributed by atoms with E-state index < -0.39 is 10.3 Å². The van der Waals surface area contributed by atoms with Crippen LogP contribution >= 0.6 is 0 Å². The van der Waals surface area contributed by atoms with E-state index in [0.717, 1.165) is 12.8 Å². The summed E-state index contributed by atoms with van der Waals surface area (Å²) in [6.07, 6.45) is 8.57. The molecule has 0 unspecified atom stereocenters. The standard InChI is InChI=1S/C10H19NO3S/c1-3-7-10(4-2)8-5-6-9-14-15(11,12)13/h3-4,7H,5-6,8-9H2,1-2H3,(H2,11,12,13)/b7-3-,10-4+. The predicted molar refractivity (Wildman–Crippen MR) is 61.5 cm³/mol. The highest BCUT2D eigenvalue weighted by molar-refractivity contribution is 7.84. The van der Waals surface area contributed by atoms with E-state index in [1.54, 1.807) is 0 Å². The van der Waals surface area contributed by atoms with E-state index in [9.17, 15) is 8.42 Å². The Kier molecular flexibility index (Phi) is 7.29. The van der Waals surface area contributed by atoms with Crippen molar-refractivity contribution in [2.45, 2.75) is 33.1 Å². The van der Waals surface area contributed by atoms with Crippen LogP contribution in [0.2, 0.25) is 0 Å². The lowest BCUT2D eigenvalue weighted by molar-refractivity contribution is 0.309. The number of rotatable bonds is 7. The van der Waals surface area contributed by atoms with Gasteiger partial charge in [0.1, 0.15) is 0 Å². The van der Waals surface area contributed by atoms with Crippen LogP contribution in [0.3, 0.4) is 0 Å². The van der Waals surface area contributed by atoms with Crippen LogP contribution in [0.5, 0.6) is 0 Å². The van der Waals surface area contributed by atoms with Crippen molar-refractivity contribution < 1.29 is 12.6 Å². The Morgan fingerprint density at radius 1 is 1.33 bits per heavy atom. The molecular formula is C10H19NO3S. The van der Waals surface area contributed by atoms with Crippen molar-refractivity contribution in [3.8, 4) is 0 Å². The molecule has 0 aliphatic heterocycles. The molecule has 15 heavy (non-hydrogen) atoms. The monoisotopic (exact) mass is 233 g/mol. The molecule has 0 aromatic carbocycles. The lowest BCUT2D eigenvalue weighted by Crippen LogP contribution is -2.16. The van der Waals surface area contributed by atoms with E-state index in [1.165, 1.54) is 5.57 Å². The first-order valence-corrected chi connectivity index (χ1v) is 6.41. The molecule has 0 atom stereocenters. The second-order valence-electron chi connectivity index (χ2n) is 3.14. The normalized spacial score (nSPS) is 13.7. The van der Waals surface area contributed by atoms with Crippen molar-refractivity contribution in [1.82, 2.24) is 0 Å². The average molecular weight is 233 g/mol. The molecule has 0 fully saturated rings. The Bertz CT molecular complexity index is 318. The zero-order valence-electron chi connectivity index (χ0n) is 9.27. The first kappa shape index (κ1) is 14.3. The van der Waals surface area contributed by atoms with E-state index in [0.29, 0.717) is 6.42 Å². The molecule has 0 spiro atoms. The minimum absolute atomic E-state index is 0.158. The topological polar surface area (TPSA) is 69.4 Å². The minimum atomic E-state index is -3.77. The van der Waals surface area contributed by atoms with Gasteiger partial charge in [0.15, 0.2) is 0 Å². The predicted octanol–water partition coefficient (Wildman–Crippen LogP) is 1.90. The quantitative estimate of drug-likeness (QED) is 0.539. The summed E-state index contributed by atoms with van der Waals surface area (Å²) in [6.45, 7) is 4.11. The highest BCUT2D eigenvalue weighted by Gasteiger charge is 2.00. The van der Waals surface area contributed by atoms with E-state index >= 15 is 0 Å². The average Bonchev–Trinajstić information content (AvgIpc) is 2.14. The molecule has 0 heterocycles. The van der Waals surface area contributed by atoms with Crippen LogP contribution in [-0.4, -0.2) is 15.0 Å². The highest BCUT2D eigenvalue weighted by atomic mass is 32.2. The maximum absolute atomic E-state index is 10.4. The maximum Gasteiger partial charge on any atom is 0.333 e. The third kappa shape index (κ3) is 9.65. The minimum Gasteiger partial charge on any atom is -0.258 e. The van der Waals surface area contributed by atoms with Gasteiger partial charge in [-0.05, 0) is 33.1 Å². The van der Waals surface area contributed by atoms with Crippen molar-refractivity contribution in [2.75, 3.05) is 6.61 Å². The highest BCUT2D eigenvalue weighted by Crippen LogP contribution is 2.09. The van der Waals surface area contributed by atoms with Crippen LogP contribution in [0.1, 0.15) is 33.1 Å². The summed E-state index contributed by atoms with van der Waals surface area (Å²) in [7, 11) is -3.77. The molecular weight excluding hydrogens is 214 g/mol. The molecule has 5 heteroatoms. The summed E-state index contributed by atoms with van der Waals surface area (Å²) >= 11 is 0. The summed E-state index contributed by atoms with van der Waals surface area (Å²) in [4.78, 5) is 0. The van der Waals surface area contributed by atoms with Gasteiger partial charge in [-0.25, -0.2) is 5.14 Å². The number of allylic oxidation sites excluding steroid dienone is 4. The van der Waals surface area contributed by atoms with Crippen LogP contribution in [-0.2, 0) is 14.5 Å². The van der Waals surface area contributed by atoms with E-state index in [2.05, 4.69) is 9.32 Å². The molecule has 0 amide bonds. The Balaban J connectivity index is 3.63. The molecule has 0 aromatic rings. The Hall–Kier alpha value is -0.650. The summed E-state index contributed by atoms with van der Waals surface area (Å²) < 4.78 is 25.3. The van der Waals surface area contributed by atoms with Gasteiger partial charge >= 0.3 is 10.3 Å². The Morgan fingerprint density at radius 2 is 2.00 bits per heavy atom. The first-order valence-electron chi connectivity index (χ1n) is 4.94. The van der Waals surface area contributed by atoms with Gasteiger partial charge in [-0.15, -0.1) is 0 Å². The zero-order chi connectivity index (χ0) is 11.7. The smallest absolute Gasteiger partial charge is 0.258 e. The summed E-state index contributed by atoms with van der Waals surface area (Å²) in [6, 6.07) is 0. The van der Waals surface area contributed by atoms with Gasteiger partial charge in [0, 0.05) is 0 Å². The Morgan fingerprint density at radius 3 is 2.47 bits per heavy atom. The molecule has 88 valence electrons. The van der Waals surface area contributed by atoms with Crippen molar-refractivity contribution in [3.63, 3.8) is 0 Å². The second-order valence-corrected chi connectivity index (χ2v) is 4.36. The van der Waals surface area contributed by atoms with Crippen LogP contribution in [0.4, 0.5) is 0 Å². The molecule has 0 saturated carbocycles. The van der Waals surface area contributed by atoms with Crippen molar-refractivity contribution in [1.29, 1.82) is 0 Å². The van der Waals surface area contributed by atoms with Crippen LogP contribution in [0.15, 0.2) is 23.8 Å². The molecule has 2 N–H and O–H groups in total. The Labute approximate surface area is 92.1 Å². The lowest BCUT2D eigenvalue weighted by Gasteiger charge is -2.02. The fourth-order valence-electron chi connectivity index (χ4n) is 1.14. The van der Waals surface area contributed by atoms with Gasteiger partial charge in [0.05, 0.1) is 6.61 Å². The van der Waals surface area contributed by atoms with Gasteiger partial charge in [-0.1, -0.05) is 23.8 Å². The third-order valence-corrected chi connectivity index (χ3v) is 2.35. The number of unbranched alkanes of at least 4 members (excludes halogenated alkanes) is 1. The fraction of sp³-hybridized carbons (Fsp3) is 0.600. The molecule has 4 nitrogen and oxygen atoms in total. The number of nitrogens with two attached hydrogens (primary N) is 1. The number of hydrogen-bond acceptors (Lipinski definition) is 3. The van der Waals surface area contributed by atoms with Crippen LogP contribution in [0, 0.1) is 0 Å². The molecule has 0 saturated heterocycles. The van der Waals surface area contributed by atoms with Gasteiger partial charge < -0.3 is 0 Å². The molecule has 0 aliphatic rings. The molecule has 0 bridgehead atoms. The molecule has 0 aliphatic carbocycles. The number of hydrogen-bond donors (Lipinski definition) is 1. The van der Waals surface area contributed by atoms with Crippen molar-refractivity contribution in [3.05, 3.63) is 23.8 Å². The van der Waals surface area contributed by atoms with E-state index in [1.807, 2.05) is 32.1 Å². The van der Waals surface area contributed by atoms with Gasteiger partial charge in [-0.3, -0.25) is 4.18 Å². The lowest BCUT2D eigenvalue weighted by atomic mass is 10.1. The van der Waals surface area contributed by atoms with E-state index in [-0.39, 0.29) is 6.61 Å². The van der Waals surface area contributed by atoms with Crippen molar-refractivity contribution in [2.24, 2.45) is 5.14 Å². The molecule has 0 radical (unpaired) electrons. The third-order valence-electron chi connectivity index (χ3n) is 1.86. The summed E-state index contributed by atoms with van der Waals surface area (Å²) in [5.74, 6) is 0. The maximum atomic E-state index is 10.4. The summed E-state index contributed by atoms with van der Waals surface area (Å²) in [5, 5.41) is 4.68. The fourth-order valence-corrected chi connectivity index (χ4v) is 1.49. The largest absolute Gasteiger partial charge is 0.333 e. The van der Waals surface area contributed by atoms with Gasteiger partial charge in [-0.2, -0.15) is 8.42 Å². The van der Waals surface area contributed by atoms with Crippen LogP contribution in [0.25, 0.3) is 0 Å². The zero-order valence-corrected chi connectivity index (χ0v) is 10.1. The van der Waals surface area contributed by atoms with Gasteiger partial charge in [0.2, 0.25) is 0 Å². The molecule has 0 aromatic heterocycles. The van der Waals surface area contributed by atoms with Crippen LogP contribution < -0.4 is 5.14 Å². The molecule has 0 rings (SSSR count). The van der Waals surface area contributed by atoms with E-state index in [4.69, 9.17) is 0 Å². The van der Waals surface area contributed by atoms with Gasteiger partial charge in [0.25, 0.3) is 0 Å². The van der Waals surface area contributed by atoms with Crippen molar-refractivity contribution >= 4 is 10.3 Å².